The van der Waals surface area contributed by atoms with Gasteiger partial charge in [0.15, 0.2) is 0 Å². The Bertz CT molecular complexity index is 310. The van der Waals surface area contributed by atoms with Gasteiger partial charge in [-0.05, 0) is 26.3 Å². The summed E-state index contributed by atoms with van der Waals surface area (Å²) in [4.78, 5) is 23.3. The molecule has 0 bridgehead atoms. The van der Waals surface area contributed by atoms with E-state index < -0.39 is 5.41 Å². The SMILES string of the molecule is CC1CC(NC(=O)CNC(=O)C(C)(C)C)CCN1. The molecule has 3 N–H and O–H groups in total. The second-order valence-electron chi connectivity index (χ2n) is 6.08. The molecule has 2 unspecified atom stereocenters. The van der Waals surface area contributed by atoms with Gasteiger partial charge in [-0.3, -0.25) is 9.59 Å². The monoisotopic (exact) mass is 255 g/mol. The first-order valence-corrected chi connectivity index (χ1v) is 6.60. The largest absolute Gasteiger partial charge is 0.352 e. The molecule has 0 saturated carbocycles. The summed E-state index contributed by atoms with van der Waals surface area (Å²) in [5.74, 6) is -0.206. The maximum atomic E-state index is 11.7. The van der Waals surface area contributed by atoms with Crippen molar-refractivity contribution in [1.29, 1.82) is 0 Å². The molecule has 0 aromatic heterocycles. The molecule has 2 atom stereocenters. The molecule has 1 fully saturated rings. The van der Waals surface area contributed by atoms with Crippen molar-refractivity contribution in [3.05, 3.63) is 0 Å². The van der Waals surface area contributed by atoms with Crippen LogP contribution in [0.5, 0.6) is 0 Å². The van der Waals surface area contributed by atoms with Gasteiger partial charge in [-0.2, -0.15) is 0 Å². The number of hydrogen-bond donors (Lipinski definition) is 3. The van der Waals surface area contributed by atoms with Gasteiger partial charge in [0, 0.05) is 17.5 Å². The molecule has 1 aliphatic heterocycles. The first kappa shape index (κ1) is 15.0. The van der Waals surface area contributed by atoms with Gasteiger partial charge in [0.25, 0.3) is 0 Å². The lowest BCUT2D eigenvalue weighted by atomic mass is 9.96. The molecule has 1 aliphatic rings. The first-order valence-electron chi connectivity index (χ1n) is 6.60. The average molecular weight is 255 g/mol. The normalized spacial score (nSPS) is 24.4. The highest BCUT2D eigenvalue weighted by atomic mass is 16.2. The van der Waals surface area contributed by atoms with Crippen LogP contribution in [0.3, 0.4) is 0 Å². The predicted molar refractivity (Wildman–Crippen MR) is 71.1 cm³/mol. The van der Waals surface area contributed by atoms with E-state index in [4.69, 9.17) is 0 Å². The second-order valence-corrected chi connectivity index (χ2v) is 6.08. The van der Waals surface area contributed by atoms with Crippen LogP contribution < -0.4 is 16.0 Å². The Labute approximate surface area is 109 Å². The van der Waals surface area contributed by atoms with Gasteiger partial charge in [0.1, 0.15) is 0 Å². The minimum absolute atomic E-state index is 0.0639. The van der Waals surface area contributed by atoms with E-state index in [1.165, 1.54) is 0 Å². The van der Waals surface area contributed by atoms with Gasteiger partial charge < -0.3 is 16.0 Å². The molecule has 0 radical (unpaired) electrons. The quantitative estimate of drug-likeness (QED) is 0.684. The molecule has 0 aliphatic carbocycles. The number of carbonyl (C=O) groups is 2. The minimum atomic E-state index is -0.455. The van der Waals surface area contributed by atoms with E-state index in [1.807, 2.05) is 20.8 Å². The number of hydrogen-bond acceptors (Lipinski definition) is 3. The van der Waals surface area contributed by atoms with Gasteiger partial charge in [-0.15, -0.1) is 0 Å². The van der Waals surface area contributed by atoms with E-state index in [0.717, 1.165) is 19.4 Å². The Morgan fingerprint density at radius 3 is 2.56 bits per heavy atom. The fourth-order valence-corrected chi connectivity index (χ4v) is 1.97. The van der Waals surface area contributed by atoms with Crippen molar-refractivity contribution < 1.29 is 9.59 Å². The van der Waals surface area contributed by atoms with Crippen molar-refractivity contribution in [2.45, 2.75) is 52.6 Å². The maximum Gasteiger partial charge on any atom is 0.239 e. The Hall–Kier alpha value is -1.10. The van der Waals surface area contributed by atoms with Crippen molar-refractivity contribution >= 4 is 11.8 Å². The summed E-state index contributed by atoms with van der Waals surface area (Å²) in [5.41, 5.74) is -0.455. The zero-order valence-electron chi connectivity index (χ0n) is 11.8. The summed E-state index contributed by atoms with van der Waals surface area (Å²) in [7, 11) is 0. The number of amides is 2. The molecule has 1 heterocycles. The number of rotatable bonds is 3. The standard InChI is InChI=1S/C13H25N3O2/c1-9-7-10(5-6-14-9)16-11(17)8-15-12(18)13(2,3)4/h9-10,14H,5-8H2,1-4H3,(H,15,18)(H,16,17). The van der Waals surface area contributed by atoms with Crippen LogP contribution >= 0.6 is 0 Å². The van der Waals surface area contributed by atoms with E-state index in [-0.39, 0.29) is 24.4 Å². The van der Waals surface area contributed by atoms with Crippen molar-refractivity contribution in [1.82, 2.24) is 16.0 Å². The van der Waals surface area contributed by atoms with Gasteiger partial charge in [-0.25, -0.2) is 0 Å². The highest BCUT2D eigenvalue weighted by Gasteiger charge is 2.23. The van der Waals surface area contributed by atoms with Gasteiger partial charge in [0.05, 0.1) is 6.54 Å². The van der Waals surface area contributed by atoms with Crippen molar-refractivity contribution in [3.63, 3.8) is 0 Å². The Kier molecular flexibility index (Phi) is 5.14. The minimum Gasteiger partial charge on any atom is -0.352 e. The van der Waals surface area contributed by atoms with Crippen LogP contribution in [0.25, 0.3) is 0 Å². The molecule has 1 rings (SSSR count). The van der Waals surface area contributed by atoms with Crippen LogP contribution in [0.1, 0.15) is 40.5 Å². The molecule has 0 spiro atoms. The van der Waals surface area contributed by atoms with Crippen molar-refractivity contribution in [2.75, 3.05) is 13.1 Å². The van der Waals surface area contributed by atoms with Gasteiger partial charge in [-0.1, -0.05) is 20.8 Å². The molecule has 104 valence electrons. The summed E-state index contributed by atoms with van der Waals surface area (Å²) in [6.07, 6.45) is 1.89. The molecule has 5 nitrogen and oxygen atoms in total. The molecule has 18 heavy (non-hydrogen) atoms. The second kappa shape index (κ2) is 6.18. The van der Waals surface area contributed by atoms with Crippen molar-refractivity contribution in [3.8, 4) is 0 Å². The topological polar surface area (TPSA) is 70.2 Å². The molecular formula is C13H25N3O2. The number of carbonyl (C=O) groups excluding carboxylic acids is 2. The Morgan fingerprint density at radius 2 is 2.00 bits per heavy atom. The fraction of sp³-hybridized carbons (Fsp3) is 0.846. The highest BCUT2D eigenvalue weighted by Crippen LogP contribution is 2.12. The lowest BCUT2D eigenvalue weighted by Crippen LogP contribution is -2.49. The average Bonchev–Trinajstić information content (AvgIpc) is 2.24. The third-order valence-electron chi connectivity index (χ3n) is 3.08. The zero-order valence-corrected chi connectivity index (χ0v) is 11.8. The number of nitrogens with one attached hydrogen (secondary N) is 3. The summed E-state index contributed by atoms with van der Waals surface area (Å²) in [5, 5.41) is 8.95. The molecule has 1 saturated heterocycles. The van der Waals surface area contributed by atoms with E-state index in [1.54, 1.807) is 0 Å². The molecular weight excluding hydrogens is 230 g/mol. The summed E-state index contributed by atoms with van der Waals surface area (Å²) in [6, 6.07) is 0.661. The molecule has 5 heteroatoms. The molecule has 2 amide bonds. The van der Waals surface area contributed by atoms with E-state index in [0.29, 0.717) is 6.04 Å². The van der Waals surface area contributed by atoms with Crippen LogP contribution in [0.4, 0.5) is 0 Å². The third-order valence-corrected chi connectivity index (χ3v) is 3.08. The van der Waals surface area contributed by atoms with Crippen LogP contribution in [0.15, 0.2) is 0 Å². The lowest BCUT2D eigenvalue weighted by Gasteiger charge is -2.28. The van der Waals surface area contributed by atoms with Crippen LogP contribution in [0.2, 0.25) is 0 Å². The number of piperidine rings is 1. The summed E-state index contributed by atoms with van der Waals surface area (Å²) in [6.45, 7) is 8.59. The van der Waals surface area contributed by atoms with Crippen molar-refractivity contribution in [2.24, 2.45) is 5.41 Å². The summed E-state index contributed by atoms with van der Waals surface area (Å²) >= 11 is 0. The van der Waals surface area contributed by atoms with Gasteiger partial charge >= 0.3 is 0 Å². The Morgan fingerprint density at radius 1 is 1.33 bits per heavy atom. The maximum absolute atomic E-state index is 11.7. The zero-order chi connectivity index (χ0) is 13.8. The lowest BCUT2D eigenvalue weighted by molar-refractivity contribution is -0.131. The van der Waals surface area contributed by atoms with Crippen LogP contribution in [-0.2, 0) is 9.59 Å². The fourth-order valence-electron chi connectivity index (χ4n) is 1.97. The van der Waals surface area contributed by atoms with Crippen LogP contribution in [0, 0.1) is 5.41 Å². The highest BCUT2D eigenvalue weighted by molar-refractivity contribution is 5.87. The van der Waals surface area contributed by atoms with E-state index >= 15 is 0 Å². The molecule has 0 aromatic carbocycles. The van der Waals surface area contributed by atoms with E-state index in [9.17, 15) is 9.59 Å². The van der Waals surface area contributed by atoms with Gasteiger partial charge in [0.2, 0.25) is 11.8 Å². The van der Waals surface area contributed by atoms with E-state index in [2.05, 4.69) is 22.9 Å². The predicted octanol–water partition coefficient (Wildman–Crippen LogP) is 0.405. The van der Waals surface area contributed by atoms with Crippen LogP contribution in [-0.4, -0.2) is 37.0 Å². The molecule has 0 aromatic rings. The smallest absolute Gasteiger partial charge is 0.239 e. The Balaban J connectivity index is 2.27. The third kappa shape index (κ3) is 5.04. The summed E-state index contributed by atoms with van der Waals surface area (Å²) < 4.78 is 0. The first-order chi connectivity index (χ1) is 8.29.